The first-order valence-corrected chi connectivity index (χ1v) is 4.14. The Kier molecular flexibility index (Phi) is 3.48. The first-order valence-electron chi connectivity index (χ1n) is 4.14. The number of nitrogens with one attached hydrogen (secondary N) is 1. The second kappa shape index (κ2) is 4.64. The van der Waals surface area contributed by atoms with Gasteiger partial charge < -0.3 is 5.32 Å². The third kappa shape index (κ3) is 2.57. The Hall–Kier alpha value is -1.33. The van der Waals surface area contributed by atoms with Gasteiger partial charge >= 0.3 is 0 Å². The van der Waals surface area contributed by atoms with Crippen LogP contribution in [0, 0.1) is 24.6 Å². The Labute approximate surface area is 78.0 Å². The van der Waals surface area contributed by atoms with Crippen LogP contribution in [-0.4, -0.2) is 13.6 Å². The van der Waals surface area contributed by atoms with E-state index >= 15 is 0 Å². The van der Waals surface area contributed by atoms with Gasteiger partial charge in [-0.2, -0.15) is 0 Å². The molecule has 68 valence electrons. The molecule has 0 bridgehead atoms. The lowest BCUT2D eigenvalue weighted by Crippen LogP contribution is -2.04. The number of benzene rings is 1. The molecule has 0 radical (unpaired) electrons. The number of aryl methyl sites for hydroxylation is 1. The largest absolute Gasteiger partial charge is 0.309 e. The summed E-state index contributed by atoms with van der Waals surface area (Å²) < 4.78 is 13.2. The number of halogens is 1. The lowest BCUT2D eigenvalue weighted by molar-refractivity contribution is 0.623. The SMILES string of the molecule is CNCC#Cc1c(C)cccc1F. The number of hydrogen-bond acceptors (Lipinski definition) is 1. The van der Waals surface area contributed by atoms with Crippen LogP contribution >= 0.6 is 0 Å². The molecule has 1 nitrogen and oxygen atoms in total. The minimum atomic E-state index is -0.247. The van der Waals surface area contributed by atoms with Gasteiger partial charge in [0.15, 0.2) is 0 Å². The van der Waals surface area contributed by atoms with E-state index in [1.54, 1.807) is 6.07 Å². The van der Waals surface area contributed by atoms with E-state index < -0.39 is 0 Å². The summed E-state index contributed by atoms with van der Waals surface area (Å²) in [6, 6.07) is 4.97. The van der Waals surface area contributed by atoms with Crippen LogP contribution in [-0.2, 0) is 0 Å². The topological polar surface area (TPSA) is 12.0 Å². The van der Waals surface area contributed by atoms with Crippen LogP contribution in [0.4, 0.5) is 4.39 Å². The van der Waals surface area contributed by atoms with E-state index in [0.29, 0.717) is 12.1 Å². The predicted octanol–water partition coefficient (Wildman–Crippen LogP) is 1.71. The summed E-state index contributed by atoms with van der Waals surface area (Å²) in [5.74, 6) is 5.38. The van der Waals surface area contributed by atoms with Gasteiger partial charge in [-0.1, -0.05) is 24.0 Å². The molecule has 0 aromatic heterocycles. The zero-order valence-electron chi connectivity index (χ0n) is 7.82. The molecule has 2 heteroatoms. The fraction of sp³-hybridized carbons (Fsp3) is 0.273. The second-order valence-electron chi connectivity index (χ2n) is 2.76. The molecule has 1 aromatic rings. The molecule has 0 aliphatic rings. The van der Waals surface area contributed by atoms with Gasteiger partial charge in [-0.25, -0.2) is 4.39 Å². The van der Waals surface area contributed by atoms with Crippen molar-refractivity contribution in [1.29, 1.82) is 0 Å². The van der Waals surface area contributed by atoms with Crippen LogP contribution in [0.5, 0.6) is 0 Å². The molecule has 0 fully saturated rings. The molecular weight excluding hydrogens is 165 g/mol. The van der Waals surface area contributed by atoms with E-state index in [1.165, 1.54) is 6.07 Å². The smallest absolute Gasteiger partial charge is 0.139 e. The molecule has 0 amide bonds. The van der Waals surface area contributed by atoms with E-state index in [1.807, 2.05) is 20.0 Å². The maximum atomic E-state index is 13.2. The van der Waals surface area contributed by atoms with Crippen molar-refractivity contribution in [2.75, 3.05) is 13.6 Å². The molecule has 0 aliphatic carbocycles. The molecule has 1 N–H and O–H groups in total. The zero-order chi connectivity index (χ0) is 9.68. The fourth-order valence-electron chi connectivity index (χ4n) is 1.01. The normalized spacial score (nSPS) is 9.15. The summed E-state index contributed by atoms with van der Waals surface area (Å²) >= 11 is 0. The predicted molar refractivity (Wildman–Crippen MR) is 51.9 cm³/mol. The highest BCUT2D eigenvalue weighted by Crippen LogP contribution is 2.10. The van der Waals surface area contributed by atoms with Crippen LogP contribution in [0.25, 0.3) is 0 Å². The maximum Gasteiger partial charge on any atom is 0.139 e. The van der Waals surface area contributed by atoms with Gasteiger partial charge in [-0.05, 0) is 25.6 Å². The van der Waals surface area contributed by atoms with E-state index in [2.05, 4.69) is 17.2 Å². The molecule has 0 atom stereocenters. The van der Waals surface area contributed by atoms with Crippen molar-refractivity contribution in [2.24, 2.45) is 0 Å². The maximum absolute atomic E-state index is 13.2. The second-order valence-corrected chi connectivity index (χ2v) is 2.76. The molecular formula is C11H12FN. The van der Waals surface area contributed by atoms with E-state index in [-0.39, 0.29) is 5.82 Å². The monoisotopic (exact) mass is 177 g/mol. The fourth-order valence-corrected chi connectivity index (χ4v) is 1.01. The van der Waals surface area contributed by atoms with Gasteiger partial charge in [0.2, 0.25) is 0 Å². The molecule has 0 spiro atoms. The third-order valence-corrected chi connectivity index (χ3v) is 1.70. The molecule has 0 unspecified atom stereocenters. The van der Waals surface area contributed by atoms with Crippen LogP contribution in [0.2, 0.25) is 0 Å². The van der Waals surface area contributed by atoms with Gasteiger partial charge in [-0.15, -0.1) is 0 Å². The van der Waals surface area contributed by atoms with Crippen molar-refractivity contribution in [3.63, 3.8) is 0 Å². The van der Waals surface area contributed by atoms with E-state index in [9.17, 15) is 4.39 Å². The highest BCUT2D eigenvalue weighted by atomic mass is 19.1. The van der Waals surface area contributed by atoms with Gasteiger partial charge in [-0.3, -0.25) is 0 Å². The number of hydrogen-bond donors (Lipinski definition) is 1. The molecule has 0 saturated heterocycles. The summed E-state index contributed by atoms with van der Waals surface area (Å²) in [5.41, 5.74) is 1.38. The van der Waals surface area contributed by atoms with Crippen LogP contribution < -0.4 is 5.32 Å². The lowest BCUT2D eigenvalue weighted by Gasteiger charge is -1.97. The van der Waals surface area contributed by atoms with Crippen molar-refractivity contribution in [2.45, 2.75) is 6.92 Å². The Morgan fingerprint density at radius 1 is 1.46 bits per heavy atom. The summed E-state index contributed by atoms with van der Waals surface area (Å²) in [7, 11) is 1.81. The highest BCUT2D eigenvalue weighted by Gasteiger charge is 1.99. The quantitative estimate of drug-likeness (QED) is 0.644. The lowest BCUT2D eigenvalue weighted by atomic mass is 10.1. The van der Waals surface area contributed by atoms with Crippen LogP contribution in [0.3, 0.4) is 0 Å². The Balaban J connectivity index is 2.95. The summed E-state index contributed by atoms with van der Waals surface area (Å²) in [4.78, 5) is 0. The Morgan fingerprint density at radius 3 is 2.85 bits per heavy atom. The molecule has 0 aliphatic heterocycles. The minimum Gasteiger partial charge on any atom is -0.309 e. The van der Waals surface area contributed by atoms with E-state index in [0.717, 1.165) is 5.56 Å². The zero-order valence-corrected chi connectivity index (χ0v) is 7.82. The minimum absolute atomic E-state index is 0.247. The molecule has 13 heavy (non-hydrogen) atoms. The first-order chi connectivity index (χ1) is 6.25. The molecule has 0 saturated carbocycles. The van der Waals surface area contributed by atoms with Crippen LogP contribution in [0.1, 0.15) is 11.1 Å². The standard InChI is InChI=1S/C11H12FN/c1-9-5-3-7-11(12)10(9)6-4-8-13-2/h3,5,7,13H,8H2,1-2H3. The van der Waals surface area contributed by atoms with Gasteiger partial charge in [0.25, 0.3) is 0 Å². The van der Waals surface area contributed by atoms with Crippen molar-refractivity contribution in [3.8, 4) is 11.8 Å². The number of rotatable bonds is 1. The summed E-state index contributed by atoms with van der Waals surface area (Å²) in [6.45, 7) is 2.43. The molecule has 1 rings (SSSR count). The average molecular weight is 177 g/mol. The summed E-state index contributed by atoms with van der Waals surface area (Å²) in [5, 5.41) is 2.88. The van der Waals surface area contributed by atoms with Crippen molar-refractivity contribution in [1.82, 2.24) is 5.32 Å². The Morgan fingerprint density at radius 2 is 2.23 bits per heavy atom. The van der Waals surface area contributed by atoms with Gasteiger partial charge in [0.05, 0.1) is 12.1 Å². The highest BCUT2D eigenvalue weighted by molar-refractivity contribution is 5.41. The first kappa shape index (κ1) is 9.76. The van der Waals surface area contributed by atoms with E-state index in [4.69, 9.17) is 0 Å². The van der Waals surface area contributed by atoms with Crippen molar-refractivity contribution < 1.29 is 4.39 Å². The third-order valence-electron chi connectivity index (χ3n) is 1.70. The Bertz CT molecular complexity index is 327. The molecule has 0 heterocycles. The van der Waals surface area contributed by atoms with Gasteiger partial charge in [0, 0.05) is 0 Å². The summed E-state index contributed by atoms with van der Waals surface area (Å²) in [6.07, 6.45) is 0. The van der Waals surface area contributed by atoms with Crippen molar-refractivity contribution >= 4 is 0 Å². The molecule has 1 aromatic carbocycles. The average Bonchev–Trinajstić information content (AvgIpc) is 2.10. The van der Waals surface area contributed by atoms with Crippen molar-refractivity contribution in [3.05, 3.63) is 35.1 Å². The van der Waals surface area contributed by atoms with Gasteiger partial charge in [0.1, 0.15) is 5.82 Å². The van der Waals surface area contributed by atoms with Crippen LogP contribution in [0.15, 0.2) is 18.2 Å².